The topological polar surface area (TPSA) is 104 Å². The minimum atomic E-state index is -0.351. The molecule has 1 N–H and O–H groups in total. The molecule has 0 saturated carbocycles. The number of aromatic nitrogens is 4. The first-order valence-electron chi connectivity index (χ1n) is 8.94. The van der Waals surface area contributed by atoms with Crippen molar-refractivity contribution in [3.63, 3.8) is 0 Å². The summed E-state index contributed by atoms with van der Waals surface area (Å²) in [6, 6.07) is 1.71. The Balaban J connectivity index is 1.55. The van der Waals surface area contributed by atoms with Gasteiger partial charge in [-0.1, -0.05) is 0 Å². The zero-order chi connectivity index (χ0) is 19.4. The Morgan fingerprint density at radius 2 is 1.96 bits per heavy atom. The number of methoxy groups -OCH3 is 1. The predicted octanol–water partition coefficient (Wildman–Crippen LogP) is 0.467. The minimum Gasteiger partial charge on any atom is -0.481 e. The molecule has 1 fully saturated rings. The second kappa shape index (κ2) is 8.15. The maximum absolute atomic E-state index is 12.6. The van der Waals surface area contributed by atoms with Gasteiger partial charge in [0.15, 0.2) is 0 Å². The van der Waals surface area contributed by atoms with E-state index in [1.165, 1.54) is 0 Å². The van der Waals surface area contributed by atoms with Crippen molar-refractivity contribution in [2.45, 2.75) is 26.7 Å². The lowest BCUT2D eigenvalue weighted by molar-refractivity contribution is -0.131. The highest BCUT2D eigenvalue weighted by atomic mass is 16.5. The number of carbonyl (C=O) groups excluding carboxylic acids is 1. The van der Waals surface area contributed by atoms with Gasteiger partial charge in [-0.3, -0.25) is 4.79 Å². The van der Waals surface area contributed by atoms with Gasteiger partial charge in [0.25, 0.3) is 0 Å². The molecule has 144 valence electrons. The Morgan fingerprint density at radius 3 is 2.63 bits per heavy atom. The number of nitrogens with zero attached hydrogens (tertiary/aromatic N) is 5. The summed E-state index contributed by atoms with van der Waals surface area (Å²) in [7, 11) is 1.57. The molecular weight excluding hydrogens is 348 g/mol. The van der Waals surface area contributed by atoms with Gasteiger partial charge in [0.1, 0.15) is 0 Å². The van der Waals surface area contributed by atoms with Crippen molar-refractivity contribution in [3.8, 4) is 5.88 Å². The molecule has 3 heterocycles. The number of H-pyrrole nitrogens is 1. The summed E-state index contributed by atoms with van der Waals surface area (Å²) >= 11 is 0. The number of nitrogens with one attached hydrogen (secondary N) is 1. The van der Waals surface area contributed by atoms with Crippen LogP contribution in [0.3, 0.4) is 0 Å². The van der Waals surface area contributed by atoms with Crippen LogP contribution in [0.1, 0.15) is 23.4 Å². The van der Waals surface area contributed by atoms with E-state index in [-0.39, 0.29) is 11.6 Å². The van der Waals surface area contributed by atoms with E-state index in [0.29, 0.717) is 56.5 Å². The van der Waals surface area contributed by atoms with E-state index in [9.17, 15) is 9.59 Å². The predicted molar refractivity (Wildman–Crippen MR) is 100 cm³/mol. The van der Waals surface area contributed by atoms with Crippen LogP contribution in [0.25, 0.3) is 0 Å². The third-order valence-electron chi connectivity index (χ3n) is 4.78. The Kier molecular flexibility index (Phi) is 5.68. The molecule has 2 aromatic rings. The van der Waals surface area contributed by atoms with Crippen molar-refractivity contribution >= 4 is 11.9 Å². The number of amides is 1. The van der Waals surface area contributed by atoms with Crippen LogP contribution < -0.4 is 15.3 Å². The first kappa shape index (κ1) is 18.8. The van der Waals surface area contributed by atoms with Crippen molar-refractivity contribution in [3.05, 3.63) is 39.7 Å². The molecule has 0 unspecified atom stereocenters. The van der Waals surface area contributed by atoms with Gasteiger partial charge in [0, 0.05) is 56.3 Å². The standard InChI is InChI=1S/C18H24N6O3/c1-12-14(13(2)21-18(26)20-12)4-5-16(25)23-8-10-24(11-9-23)17-19-7-6-15(22-17)27-3/h6-7H,4-5,8-11H2,1-3H3,(H,20,21,26). The Morgan fingerprint density at radius 1 is 1.22 bits per heavy atom. The molecule has 9 nitrogen and oxygen atoms in total. The Hall–Kier alpha value is -2.97. The van der Waals surface area contributed by atoms with Crippen molar-refractivity contribution < 1.29 is 9.53 Å². The third-order valence-corrected chi connectivity index (χ3v) is 4.78. The van der Waals surface area contributed by atoms with Crippen LogP contribution in [-0.2, 0) is 11.2 Å². The van der Waals surface area contributed by atoms with Crippen molar-refractivity contribution in [1.82, 2.24) is 24.8 Å². The smallest absolute Gasteiger partial charge is 0.345 e. The maximum atomic E-state index is 12.6. The number of rotatable bonds is 5. The van der Waals surface area contributed by atoms with Crippen molar-refractivity contribution in [1.29, 1.82) is 0 Å². The highest BCUT2D eigenvalue weighted by Crippen LogP contribution is 2.16. The third kappa shape index (κ3) is 4.42. The fraction of sp³-hybridized carbons (Fsp3) is 0.500. The van der Waals surface area contributed by atoms with Gasteiger partial charge < -0.3 is 19.5 Å². The number of hydrogen-bond donors (Lipinski definition) is 1. The van der Waals surface area contributed by atoms with Crippen LogP contribution in [-0.4, -0.2) is 64.0 Å². The maximum Gasteiger partial charge on any atom is 0.345 e. The van der Waals surface area contributed by atoms with Gasteiger partial charge in [-0.15, -0.1) is 0 Å². The molecule has 0 aromatic carbocycles. The fourth-order valence-corrected chi connectivity index (χ4v) is 3.27. The van der Waals surface area contributed by atoms with Crippen LogP contribution in [0.2, 0.25) is 0 Å². The average molecular weight is 372 g/mol. The molecule has 0 bridgehead atoms. The number of aromatic amines is 1. The number of carbonyl (C=O) groups is 1. The monoisotopic (exact) mass is 372 g/mol. The van der Waals surface area contributed by atoms with Gasteiger partial charge in [0.05, 0.1) is 7.11 Å². The highest BCUT2D eigenvalue weighted by Gasteiger charge is 2.23. The molecule has 2 aromatic heterocycles. The lowest BCUT2D eigenvalue weighted by atomic mass is 10.1. The van der Waals surface area contributed by atoms with Crippen LogP contribution in [0.5, 0.6) is 5.88 Å². The highest BCUT2D eigenvalue weighted by molar-refractivity contribution is 5.76. The summed E-state index contributed by atoms with van der Waals surface area (Å²) in [5.74, 6) is 1.25. The molecule has 9 heteroatoms. The van der Waals surface area contributed by atoms with Gasteiger partial charge in [-0.25, -0.2) is 9.78 Å². The molecule has 1 saturated heterocycles. The van der Waals surface area contributed by atoms with Gasteiger partial charge in [0.2, 0.25) is 17.7 Å². The number of aryl methyl sites for hydroxylation is 2. The van der Waals surface area contributed by atoms with Crippen LogP contribution in [0.15, 0.2) is 17.1 Å². The number of anilines is 1. The minimum absolute atomic E-state index is 0.103. The quantitative estimate of drug-likeness (QED) is 0.813. The molecule has 27 heavy (non-hydrogen) atoms. The number of piperazine rings is 1. The lowest BCUT2D eigenvalue weighted by Gasteiger charge is -2.34. The molecule has 3 rings (SSSR count). The molecule has 0 spiro atoms. The second-order valence-corrected chi connectivity index (χ2v) is 6.50. The molecule has 0 atom stereocenters. The largest absolute Gasteiger partial charge is 0.481 e. The zero-order valence-electron chi connectivity index (χ0n) is 15.9. The van der Waals surface area contributed by atoms with Crippen molar-refractivity contribution in [2.75, 3.05) is 38.2 Å². The molecular formula is C18H24N6O3. The van der Waals surface area contributed by atoms with Gasteiger partial charge >= 0.3 is 5.69 Å². The number of ether oxygens (including phenoxy) is 1. The van der Waals surface area contributed by atoms with E-state index < -0.39 is 0 Å². The van der Waals surface area contributed by atoms with E-state index >= 15 is 0 Å². The van der Waals surface area contributed by atoms with Gasteiger partial charge in [-0.2, -0.15) is 9.97 Å². The van der Waals surface area contributed by atoms with E-state index in [0.717, 1.165) is 11.3 Å². The van der Waals surface area contributed by atoms with Crippen LogP contribution in [0, 0.1) is 13.8 Å². The summed E-state index contributed by atoms with van der Waals surface area (Å²) in [6.07, 6.45) is 2.63. The average Bonchev–Trinajstić information content (AvgIpc) is 2.67. The molecule has 0 aliphatic carbocycles. The summed E-state index contributed by atoms with van der Waals surface area (Å²) < 4.78 is 5.14. The van der Waals surface area contributed by atoms with Crippen molar-refractivity contribution in [2.24, 2.45) is 0 Å². The van der Waals surface area contributed by atoms with Gasteiger partial charge in [-0.05, 0) is 25.8 Å². The summed E-state index contributed by atoms with van der Waals surface area (Å²) in [5.41, 5.74) is 2.05. The Labute approximate surface area is 157 Å². The van der Waals surface area contributed by atoms with Crippen LogP contribution >= 0.6 is 0 Å². The molecule has 1 aliphatic heterocycles. The molecule has 1 amide bonds. The van der Waals surface area contributed by atoms with E-state index in [4.69, 9.17) is 4.74 Å². The van der Waals surface area contributed by atoms with Crippen LogP contribution in [0.4, 0.5) is 5.95 Å². The zero-order valence-corrected chi connectivity index (χ0v) is 15.9. The SMILES string of the molecule is COc1ccnc(N2CCN(C(=O)CCc3c(C)nc(=O)[nH]c3C)CC2)n1. The molecule has 1 aliphatic rings. The van der Waals surface area contributed by atoms with E-state index in [1.54, 1.807) is 26.3 Å². The number of hydrogen-bond acceptors (Lipinski definition) is 7. The van der Waals surface area contributed by atoms with E-state index in [1.807, 2.05) is 16.7 Å². The first-order valence-corrected chi connectivity index (χ1v) is 8.94. The summed E-state index contributed by atoms with van der Waals surface area (Å²) in [6.45, 7) is 6.24. The Bertz CT molecular complexity index is 847. The summed E-state index contributed by atoms with van der Waals surface area (Å²) in [4.78, 5) is 43.1. The first-order chi connectivity index (χ1) is 13.0. The summed E-state index contributed by atoms with van der Waals surface area (Å²) in [5, 5.41) is 0. The molecule has 0 radical (unpaired) electrons. The second-order valence-electron chi connectivity index (χ2n) is 6.50. The van der Waals surface area contributed by atoms with E-state index in [2.05, 4.69) is 19.9 Å². The normalized spacial score (nSPS) is 14.3. The fourth-order valence-electron chi connectivity index (χ4n) is 3.27. The lowest BCUT2D eigenvalue weighted by Crippen LogP contribution is -2.49.